The lowest BCUT2D eigenvalue weighted by atomic mass is 10.0. The van der Waals surface area contributed by atoms with Crippen LogP contribution in [0.25, 0.3) is 0 Å². The topological polar surface area (TPSA) is 64.3 Å². The van der Waals surface area contributed by atoms with Crippen LogP contribution in [0.2, 0.25) is 0 Å². The number of rotatable bonds is 4. The molecule has 0 aromatic rings. The molecule has 2 rings (SSSR count). The summed E-state index contributed by atoms with van der Waals surface area (Å²) < 4.78 is 5.45. The van der Waals surface area contributed by atoms with E-state index in [1.54, 1.807) is 0 Å². The molecular weight excluding hydrogens is 192 g/mol. The molecule has 3 N–H and O–H groups in total. The molecule has 4 nitrogen and oxygen atoms in total. The van der Waals surface area contributed by atoms with Crippen molar-refractivity contribution in [1.29, 1.82) is 0 Å². The van der Waals surface area contributed by atoms with Gasteiger partial charge in [-0.25, -0.2) is 0 Å². The maximum atomic E-state index is 11.8. The molecule has 1 aliphatic heterocycles. The van der Waals surface area contributed by atoms with Crippen LogP contribution in [0, 0.1) is 11.3 Å². The molecule has 0 bridgehead atoms. The van der Waals surface area contributed by atoms with Gasteiger partial charge in [0.1, 0.15) is 0 Å². The molecular formula is C11H20N2O2. The molecule has 86 valence electrons. The first kappa shape index (κ1) is 10.9. The monoisotopic (exact) mass is 212 g/mol. The molecule has 2 unspecified atom stereocenters. The van der Waals surface area contributed by atoms with Gasteiger partial charge in [0.25, 0.3) is 0 Å². The standard InChI is InChI=1S/C11H20N2O2/c1-8-9(2-5-15-8)6-13-10(14)11(7-12)3-4-11/h8-9H,2-7,12H2,1H3,(H,13,14). The molecule has 2 atom stereocenters. The molecule has 15 heavy (non-hydrogen) atoms. The average molecular weight is 212 g/mol. The van der Waals surface area contributed by atoms with Crippen LogP contribution >= 0.6 is 0 Å². The zero-order valence-corrected chi connectivity index (χ0v) is 9.29. The molecule has 1 amide bonds. The van der Waals surface area contributed by atoms with Gasteiger partial charge in [0.05, 0.1) is 11.5 Å². The van der Waals surface area contributed by atoms with Crippen LogP contribution in [0.5, 0.6) is 0 Å². The van der Waals surface area contributed by atoms with Crippen molar-refractivity contribution in [2.75, 3.05) is 19.7 Å². The Morgan fingerprint density at radius 3 is 2.80 bits per heavy atom. The molecule has 4 heteroatoms. The summed E-state index contributed by atoms with van der Waals surface area (Å²) in [6.07, 6.45) is 3.23. The summed E-state index contributed by atoms with van der Waals surface area (Å²) in [7, 11) is 0. The summed E-state index contributed by atoms with van der Waals surface area (Å²) in [6.45, 7) is 4.11. The molecule has 1 aliphatic carbocycles. The lowest BCUT2D eigenvalue weighted by Gasteiger charge is -2.17. The number of amides is 1. The Morgan fingerprint density at radius 1 is 1.60 bits per heavy atom. The quantitative estimate of drug-likeness (QED) is 0.703. The van der Waals surface area contributed by atoms with Crippen LogP contribution in [-0.4, -0.2) is 31.7 Å². The van der Waals surface area contributed by atoms with Crippen LogP contribution in [0.15, 0.2) is 0 Å². The van der Waals surface area contributed by atoms with Crippen molar-refractivity contribution in [3.63, 3.8) is 0 Å². The fourth-order valence-electron chi connectivity index (χ4n) is 2.13. The second kappa shape index (κ2) is 4.10. The Morgan fingerprint density at radius 2 is 2.33 bits per heavy atom. The third-order valence-corrected chi connectivity index (χ3v) is 3.78. The Labute approximate surface area is 90.5 Å². The number of carbonyl (C=O) groups is 1. The van der Waals surface area contributed by atoms with E-state index in [0.29, 0.717) is 12.5 Å². The average Bonchev–Trinajstić information content (AvgIpc) is 2.94. The third-order valence-electron chi connectivity index (χ3n) is 3.78. The van der Waals surface area contributed by atoms with Gasteiger partial charge in [-0.2, -0.15) is 0 Å². The second-order valence-electron chi connectivity index (χ2n) is 4.82. The summed E-state index contributed by atoms with van der Waals surface area (Å²) in [4.78, 5) is 11.8. The number of hydrogen-bond acceptors (Lipinski definition) is 3. The van der Waals surface area contributed by atoms with Crippen molar-refractivity contribution in [3.8, 4) is 0 Å². The van der Waals surface area contributed by atoms with E-state index in [1.807, 2.05) is 0 Å². The van der Waals surface area contributed by atoms with Gasteiger partial charge in [-0.05, 0) is 26.2 Å². The molecule has 0 spiro atoms. The fourth-order valence-corrected chi connectivity index (χ4v) is 2.13. The van der Waals surface area contributed by atoms with E-state index in [0.717, 1.165) is 32.4 Å². The molecule has 2 aliphatic rings. The number of ether oxygens (including phenoxy) is 1. The predicted molar refractivity (Wildman–Crippen MR) is 57.3 cm³/mol. The Kier molecular flexibility index (Phi) is 2.98. The largest absolute Gasteiger partial charge is 0.378 e. The first-order valence-electron chi connectivity index (χ1n) is 5.78. The normalized spacial score (nSPS) is 32.7. The molecule has 0 aromatic heterocycles. The maximum absolute atomic E-state index is 11.8. The van der Waals surface area contributed by atoms with E-state index < -0.39 is 0 Å². The molecule has 1 saturated heterocycles. The number of nitrogens with two attached hydrogens (primary N) is 1. The molecule has 0 aromatic carbocycles. The Balaban J connectivity index is 1.76. The molecule has 2 fully saturated rings. The van der Waals surface area contributed by atoms with Gasteiger partial charge in [0.2, 0.25) is 5.91 Å². The zero-order chi connectivity index (χ0) is 10.9. The Hall–Kier alpha value is -0.610. The van der Waals surface area contributed by atoms with E-state index in [-0.39, 0.29) is 17.4 Å². The first-order valence-corrected chi connectivity index (χ1v) is 5.78. The molecule has 0 radical (unpaired) electrons. The predicted octanol–water partition coefficient (Wildman–Crippen LogP) is 0.267. The van der Waals surface area contributed by atoms with Crippen molar-refractivity contribution in [2.24, 2.45) is 17.1 Å². The smallest absolute Gasteiger partial charge is 0.227 e. The highest BCUT2D eigenvalue weighted by Crippen LogP contribution is 2.44. The summed E-state index contributed by atoms with van der Waals surface area (Å²) in [5.41, 5.74) is 5.38. The highest BCUT2D eigenvalue weighted by molar-refractivity contribution is 5.85. The van der Waals surface area contributed by atoms with Crippen molar-refractivity contribution in [2.45, 2.75) is 32.3 Å². The van der Waals surface area contributed by atoms with E-state index in [9.17, 15) is 4.79 Å². The minimum atomic E-state index is -0.220. The van der Waals surface area contributed by atoms with Gasteiger partial charge in [-0.15, -0.1) is 0 Å². The maximum Gasteiger partial charge on any atom is 0.227 e. The number of nitrogens with one attached hydrogen (secondary N) is 1. The number of hydrogen-bond donors (Lipinski definition) is 2. The first-order chi connectivity index (χ1) is 7.18. The van der Waals surface area contributed by atoms with Gasteiger partial charge in [-0.1, -0.05) is 0 Å². The summed E-state index contributed by atoms with van der Waals surface area (Å²) in [5.74, 6) is 0.617. The van der Waals surface area contributed by atoms with Gasteiger partial charge in [-0.3, -0.25) is 4.79 Å². The molecule has 1 heterocycles. The van der Waals surface area contributed by atoms with Gasteiger partial charge in [0.15, 0.2) is 0 Å². The minimum Gasteiger partial charge on any atom is -0.378 e. The lowest BCUT2D eigenvalue weighted by Crippen LogP contribution is -2.40. The van der Waals surface area contributed by atoms with E-state index in [4.69, 9.17) is 10.5 Å². The lowest BCUT2D eigenvalue weighted by molar-refractivity contribution is -0.126. The van der Waals surface area contributed by atoms with Crippen LogP contribution in [0.3, 0.4) is 0 Å². The van der Waals surface area contributed by atoms with Crippen molar-refractivity contribution in [1.82, 2.24) is 5.32 Å². The van der Waals surface area contributed by atoms with E-state index in [2.05, 4.69) is 12.2 Å². The highest BCUT2D eigenvalue weighted by atomic mass is 16.5. The third kappa shape index (κ3) is 2.16. The second-order valence-corrected chi connectivity index (χ2v) is 4.82. The van der Waals surface area contributed by atoms with Crippen molar-refractivity contribution < 1.29 is 9.53 Å². The fraction of sp³-hybridized carbons (Fsp3) is 0.909. The SMILES string of the molecule is CC1OCCC1CNC(=O)C1(CN)CC1. The van der Waals surface area contributed by atoms with Gasteiger partial charge in [0, 0.05) is 25.6 Å². The minimum absolute atomic E-state index is 0.143. The van der Waals surface area contributed by atoms with Crippen LogP contribution in [-0.2, 0) is 9.53 Å². The summed E-state index contributed by atoms with van der Waals surface area (Å²) in [6, 6.07) is 0. The Bertz CT molecular complexity index is 251. The summed E-state index contributed by atoms with van der Waals surface area (Å²) >= 11 is 0. The van der Waals surface area contributed by atoms with Crippen LogP contribution in [0.1, 0.15) is 26.2 Å². The van der Waals surface area contributed by atoms with Gasteiger partial charge < -0.3 is 15.8 Å². The molecule has 1 saturated carbocycles. The van der Waals surface area contributed by atoms with Crippen molar-refractivity contribution in [3.05, 3.63) is 0 Å². The zero-order valence-electron chi connectivity index (χ0n) is 9.29. The van der Waals surface area contributed by atoms with Crippen LogP contribution in [0.4, 0.5) is 0 Å². The van der Waals surface area contributed by atoms with Crippen molar-refractivity contribution >= 4 is 5.91 Å². The summed E-state index contributed by atoms with van der Waals surface area (Å²) in [5, 5.41) is 3.01. The highest BCUT2D eigenvalue weighted by Gasteiger charge is 2.48. The number of carbonyl (C=O) groups excluding carboxylic acids is 1. The van der Waals surface area contributed by atoms with Gasteiger partial charge >= 0.3 is 0 Å². The van der Waals surface area contributed by atoms with E-state index in [1.165, 1.54) is 0 Å². The van der Waals surface area contributed by atoms with Crippen LogP contribution < -0.4 is 11.1 Å². The van der Waals surface area contributed by atoms with E-state index >= 15 is 0 Å².